The van der Waals surface area contributed by atoms with Crippen molar-refractivity contribution in [2.45, 2.75) is 40.0 Å². The molecule has 0 bridgehead atoms. The number of hydrogen-bond acceptors (Lipinski definition) is 2. The summed E-state index contributed by atoms with van der Waals surface area (Å²) in [5.74, 6) is 0.371. The molecular weight excluding hydrogens is 215 g/mol. The van der Waals surface area contributed by atoms with E-state index in [1.54, 1.807) is 6.92 Å². The lowest BCUT2D eigenvalue weighted by Gasteiger charge is -2.12. The molecule has 2 N–H and O–H groups in total. The largest absolute Gasteiger partial charge is 0.524 e. The lowest BCUT2D eigenvalue weighted by molar-refractivity contribution is 0.236. The zero-order valence-electron chi connectivity index (χ0n) is 9.43. The highest BCUT2D eigenvalue weighted by molar-refractivity contribution is 7.46. The van der Waals surface area contributed by atoms with Crippen molar-refractivity contribution in [3.05, 3.63) is 23.5 Å². The van der Waals surface area contributed by atoms with Gasteiger partial charge in [0.1, 0.15) is 5.76 Å². The quantitative estimate of drug-likeness (QED) is 0.421. The average Bonchev–Trinajstić information content (AvgIpc) is 2.15. The third-order valence-corrected chi connectivity index (χ3v) is 2.30. The Morgan fingerprint density at radius 1 is 1.27 bits per heavy atom. The van der Waals surface area contributed by atoms with Crippen LogP contribution >= 0.6 is 7.82 Å². The molecule has 0 heterocycles. The van der Waals surface area contributed by atoms with Gasteiger partial charge in [-0.25, -0.2) is 4.57 Å². The summed E-state index contributed by atoms with van der Waals surface area (Å²) in [5, 5.41) is 0. The first kappa shape index (κ1) is 14.4. The van der Waals surface area contributed by atoms with Crippen molar-refractivity contribution in [2.24, 2.45) is 0 Å². The van der Waals surface area contributed by atoms with Crippen LogP contribution in [0.25, 0.3) is 0 Å². The van der Waals surface area contributed by atoms with Crippen LogP contribution in [0, 0.1) is 0 Å². The topological polar surface area (TPSA) is 66.8 Å². The van der Waals surface area contributed by atoms with Crippen LogP contribution < -0.4 is 0 Å². The van der Waals surface area contributed by atoms with Crippen molar-refractivity contribution in [1.82, 2.24) is 0 Å². The molecule has 0 atom stereocenters. The molecule has 15 heavy (non-hydrogen) atoms. The predicted molar refractivity (Wildman–Crippen MR) is 60.2 cm³/mol. The van der Waals surface area contributed by atoms with Gasteiger partial charge in [-0.05, 0) is 18.4 Å². The molecular formula is C10H19O4P. The first-order chi connectivity index (χ1) is 6.94. The lowest BCUT2D eigenvalue weighted by atomic mass is 10.1. The molecule has 0 radical (unpaired) electrons. The molecule has 0 saturated heterocycles. The Morgan fingerprint density at radius 2 is 1.87 bits per heavy atom. The molecule has 0 fully saturated rings. The minimum absolute atomic E-state index is 0.371. The second kappa shape index (κ2) is 6.83. The van der Waals surface area contributed by atoms with Crippen LogP contribution in [0.1, 0.15) is 40.0 Å². The molecule has 0 saturated carbocycles. The maximum Gasteiger partial charge on any atom is 0.524 e. The van der Waals surface area contributed by atoms with E-state index in [1.807, 2.05) is 26.0 Å². The van der Waals surface area contributed by atoms with E-state index >= 15 is 0 Å². The Morgan fingerprint density at radius 3 is 2.20 bits per heavy atom. The number of hydrogen-bond donors (Lipinski definition) is 2. The summed E-state index contributed by atoms with van der Waals surface area (Å²) in [5.41, 5.74) is 0.836. The smallest absolute Gasteiger partial charge is 0.409 e. The van der Waals surface area contributed by atoms with Crippen molar-refractivity contribution < 1.29 is 18.9 Å². The Bertz CT molecular complexity index is 288. The van der Waals surface area contributed by atoms with Gasteiger partial charge in [0.25, 0.3) is 0 Å². The number of phosphoric acid groups is 1. The van der Waals surface area contributed by atoms with Crippen molar-refractivity contribution in [1.29, 1.82) is 0 Å². The fourth-order valence-electron chi connectivity index (χ4n) is 1.16. The summed E-state index contributed by atoms with van der Waals surface area (Å²) < 4.78 is 15.3. The molecule has 0 aromatic rings. The zero-order chi connectivity index (χ0) is 11.9. The Hall–Kier alpha value is -0.570. The van der Waals surface area contributed by atoms with Crippen molar-refractivity contribution >= 4 is 7.82 Å². The summed E-state index contributed by atoms with van der Waals surface area (Å²) in [6.07, 6.45) is 5.85. The van der Waals surface area contributed by atoms with E-state index in [0.29, 0.717) is 18.6 Å². The van der Waals surface area contributed by atoms with Gasteiger partial charge >= 0.3 is 7.82 Å². The highest BCUT2D eigenvalue weighted by Crippen LogP contribution is 2.40. The Kier molecular flexibility index (Phi) is 6.57. The molecule has 0 aromatic heterocycles. The maximum atomic E-state index is 10.7. The normalized spacial score (nSPS) is 14.2. The molecule has 0 aliphatic heterocycles. The third kappa shape index (κ3) is 6.50. The van der Waals surface area contributed by atoms with Crippen LogP contribution in [0.15, 0.2) is 23.5 Å². The van der Waals surface area contributed by atoms with E-state index in [4.69, 9.17) is 9.79 Å². The monoisotopic (exact) mass is 234 g/mol. The van der Waals surface area contributed by atoms with Gasteiger partial charge in [0.15, 0.2) is 0 Å². The van der Waals surface area contributed by atoms with E-state index in [2.05, 4.69) is 4.52 Å². The van der Waals surface area contributed by atoms with Gasteiger partial charge in [0, 0.05) is 6.42 Å². The Balaban J connectivity index is 4.90. The minimum atomic E-state index is -4.43. The summed E-state index contributed by atoms with van der Waals surface area (Å²) >= 11 is 0. The second-order valence-electron chi connectivity index (χ2n) is 3.05. The fourth-order valence-corrected chi connectivity index (χ4v) is 1.70. The molecule has 4 nitrogen and oxygen atoms in total. The van der Waals surface area contributed by atoms with Gasteiger partial charge in [0.2, 0.25) is 0 Å². The number of phosphoric ester groups is 1. The maximum absolute atomic E-state index is 10.7. The van der Waals surface area contributed by atoms with Crippen molar-refractivity contribution in [3.8, 4) is 0 Å². The molecule has 0 aromatic carbocycles. The molecule has 0 amide bonds. The molecule has 0 unspecified atom stereocenters. The SMILES string of the molecule is CCC=CC(CC)=C(CC)OP(=O)(O)O. The molecule has 0 spiro atoms. The molecule has 0 aliphatic rings. The second-order valence-corrected chi connectivity index (χ2v) is 4.21. The van der Waals surface area contributed by atoms with E-state index < -0.39 is 7.82 Å². The van der Waals surface area contributed by atoms with Gasteiger partial charge in [-0.15, -0.1) is 0 Å². The molecule has 5 heteroatoms. The summed E-state index contributed by atoms with van der Waals surface area (Å²) in [6.45, 7) is 5.73. The van der Waals surface area contributed by atoms with Gasteiger partial charge < -0.3 is 4.52 Å². The van der Waals surface area contributed by atoms with E-state index in [0.717, 1.165) is 12.0 Å². The van der Waals surface area contributed by atoms with Gasteiger partial charge in [-0.3, -0.25) is 9.79 Å². The minimum Gasteiger partial charge on any atom is -0.409 e. The number of rotatable bonds is 6. The van der Waals surface area contributed by atoms with Crippen LogP contribution in [0.2, 0.25) is 0 Å². The zero-order valence-corrected chi connectivity index (χ0v) is 10.3. The highest BCUT2D eigenvalue weighted by atomic mass is 31.2. The summed E-state index contributed by atoms with van der Waals surface area (Å²) in [4.78, 5) is 17.4. The van der Waals surface area contributed by atoms with Crippen LogP contribution in [0.4, 0.5) is 0 Å². The standard InChI is InChI=1S/C10H19O4P/c1-4-7-8-9(5-2)10(6-3)14-15(11,12)13/h7-8H,4-6H2,1-3H3,(H2,11,12,13). The van der Waals surface area contributed by atoms with E-state index in [9.17, 15) is 4.57 Å². The van der Waals surface area contributed by atoms with Crippen molar-refractivity contribution in [3.63, 3.8) is 0 Å². The summed E-state index contributed by atoms with van der Waals surface area (Å²) in [6, 6.07) is 0. The summed E-state index contributed by atoms with van der Waals surface area (Å²) in [7, 11) is -4.43. The lowest BCUT2D eigenvalue weighted by Crippen LogP contribution is -1.93. The van der Waals surface area contributed by atoms with Crippen LogP contribution in [0.5, 0.6) is 0 Å². The van der Waals surface area contributed by atoms with Gasteiger partial charge in [0.05, 0.1) is 0 Å². The molecule has 0 rings (SSSR count). The van der Waals surface area contributed by atoms with Gasteiger partial charge in [-0.2, -0.15) is 0 Å². The van der Waals surface area contributed by atoms with Crippen LogP contribution in [-0.4, -0.2) is 9.79 Å². The van der Waals surface area contributed by atoms with Crippen LogP contribution in [-0.2, 0) is 9.09 Å². The van der Waals surface area contributed by atoms with Crippen molar-refractivity contribution in [2.75, 3.05) is 0 Å². The first-order valence-electron chi connectivity index (χ1n) is 5.08. The van der Waals surface area contributed by atoms with E-state index in [1.165, 1.54) is 0 Å². The van der Waals surface area contributed by atoms with Crippen LogP contribution in [0.3, 0.4) is 0 Å². The predicted octanol–water partition coefficient (Wildman–Crippen LogP) is 3.14. The molecule has 88 valence electrons. The number of allylic oxidation sites excluding steroid dienone is 4. The highest BCUT2D eigenvalue weighted by Gasteiger charge is 2.18. The third-order valence-electron chi connectivity index (χ3n) is 1.84. The fraction of sp³-hybridized carbons (Fsp3) is 0.600. The first-order valence-corrected chi connectivity index (χ1v) is 6.61. The average molecular weight is 234 g/mol. The van der Waals surface area contributed by atoms with Gasteiger partial charge in [-0.1, -0.05) is 32.9 Å². The molecule has 0 aliphatic carbocycles. The Labute approximate surface area is 90.9 Å². The van der Waals surface area contributed by atoms with E-state index in [-0.39, 0.29) is 0 Å².